The first-order chi connectivity index (χ1) is 13.6. The van der Waals surface area contributed by atoms with Crippen molar-refractivity contribution in [1.82, 2.24) is 14.9 Å². The lowest BCUT2D eigenvalue weighted by molar-refractivity contribution is -0.113. The standard InChI is InChI=1S/C21H22N4O2S/c1-3-22-20(27)16-8-6-9-17(13-16)24-19(26)14-28-21-23-11-12-25(21)18-10-5-4-7-15(18)2/h4-13H,3,14H2,1-2H3,(H,22,27)(H,24,26). The third kappa shape index (κ3) is 4.80. The molecule has 0 spiro atoms. The van der Waals surface area contributed by atoms with Gasteiger partial charge in [0.25, 0.3) is 5.91 Å². The monoisotopic (exact) mass is 394 g/mol. The summed E-state index contributed by atoms with van der Waals surface area (Å²) in [6.07, 6.45) is 3.61. The molecular formula is C21H22N4O2S. The number of nitrogens with one attached hydrogen (secondary N) is 2. The van der Waals surface area contributed by atoms with E-state index in [1.807, 2.05) is 48.9 Å². The summed E-state index contributed by atoms with van der Waals surface area (Å²) in [4.78, 5) is 28.6. The summed E-state index contributed by atoms with van der Waals surface area (Å²) >= 11 is 1.36. The van der Waals surface area contributed by atoms with Crippen molar-refractivity contribution >= 4 is 29.3 Å². The Morgan fingerprint density at radius 2 is 1.96 bits per heavy atom. The minimum Gasteiger partial charge on any atom is -0.352 e. The van der Waals surface area contributed by atoms with E-state index in [-0.39, 0.29) is 17.6 Å². The number of nitrogens with zero attached hydrogens (tertiary/aromatic N) is 2. The molecule has 3 aromatic rings. The van der Waals surface area contributed by atoms with Crippen molar-refractivity contribution in [2.75, 3.05) is 17.6 Å². The lowest BCUT2D eigenvalue weighted by atomic mass is 10.2. The number of carbonyl (C=O) groups is 2. The van der Waals surface area contributed by atoms with Crippen LogP contribution in [-0.2, 0) is 4.79 Å². The van der Waals surface area contributed by atoms with E-state index >= 15 is 0 Å². The predicted octanol–water partition coefficient (Wildman–Crippen LogP) is 3.66. The predicted molar refractivity (Wildman–Crippen MR) is 112 cm³/mol. The van der Waals surface area contributed by atoms with Crippen molar-refractivity contribution in [1.29, 1.82) is 0 Å². The summed E-state index contributed by atoms with van der Waals surface area (Å²) < 4.78 is 1.98. The first kappa shape index (κ1) is 19.7. The summed E-state index contributed by atoms with van der Waals surface area (Å²) in [6.45, 7) is 4.46. The molecule has 2 N–H and O–H groups in total. The fourth-order valence-electron chi connectivity index (χ4n) is 2.74. The Morgan fingerprint density at radius 1 is 1.14 bits per heavy atom. The van der Waals surface area contributed by atoms with Gasteiger partial charge in [0.15, 0.2) is 5.16 Å². The zero-order valence-electron chi connectivity index (χ0n) is 15.8. The van der Waals surface area contributed by atoms with Crippen LogP contribution >= 0.6 is 11.8 Å². The number of aryl methyl sites for hydroxylation is 1. The van der Waals surface area contributed by atoms with Gasteiger partial charge in [0.2, 0.25) is 5.91 Å². The van der Waals surface area contributed by atoms with Crippen LogP contribution in [0.5, 0.6) is 0 Å². The first-order valence-electron chi connectivity index (χ1n) is 8.98. The van der Waals surface area contributed by atoms with Gasteiger partial charge in [-0.05, 0) is 43.7 Å². The van der Waals surface area contributed by atoms with Crippen molar-refractivity contribution in [3.8, 4) is 5.69 Å². The van der Waals surface area contributed by atoms with Crippen LogP contribution < -0.4 is 10.6 Å². The van der Waals surface area contributed by atoms with Crippen molar-refractivity contribution in [2.24, 2.45) is 0 Å². The number of imidazole rings is 1. The molecule has 28 heavy (non-hydrogen) atoms. The van der Waals surface area contributed by atoms with E-state index in [1.165, 1.54) is 11.8 Å². The molecule has 1 heterocycles. The van der Waals surface area contributed by atoms with E-state index in [0.29, 0.717) is 17.8 Å². The van der Waals surface area contributed by atoms with Crippen LogP contribution in [0.3, 0.4) is 0 Å². The van der Waals surface area contributed by atoms with Gasteiger partial charge in [0.1, 0.15) is 0 Å². The SMILES string of the molecule is CCNC(=O)c1cccc(NC(=O)CSc2nccn2-c2ccccc2C)c1. The highest BCUT2D eigenvalue weighted by atomic mass is 32.2. The molecule has 0 aliphatic rings. The molecule has 0 bridgehead atoms. The van der Waals surface area contributed by atoms with Gasteiger partial charge in [-0.15, -0.1) is 0 Å². The van der Waals surface area contributed by atoms with Gasteiger partial charge in [-0.2, -0.15) is 0 Å². The fourth-order valence-corrected chi connectivity index (χ4v) is 3.51. The maximum atomic E-state index is 12.4. The van der Waals surface area contributed by atoms with Crippen LogP contribution in [0, 0.1) is 6.92 Å². The van der Waals surface area contributed by atoms with Crippen LogP contribution in [0.2, 0.25) is 0 Å². The normalized spacial score (nSPS) is 10.5. The molecule has 0 saturated carbocycles. The number of anilines is 1. The number of rotatable bonds is 7. The number of para-hydroxylation sites is 1. The van der Waals surface area contributed by atoms with Gasteiger partial charge >= 0.3 is 0 Å². The van der Waals surface area contributed by atoms with Gasteiger partial charge in [0, 0.05) is 30.2 Å². The number of thioether (sulfide) groups is 1. The summed E-state index contributed by atoms with van der Waals surface area (Å²) in [5.74, 6) is -0.0977. The second-order valence-electron chi connectivity index (χ2n) is 6.14. The second-order valence-corrected chi connectivity index (χ2v) is 7.09. The molecule has 6 nitrogen and oxygen atoms in total. The molecule has 7 heteroatoms. The Morgan fingerprint density at radius 3 is 2.75 bits per heavy atom. The van der Waals surface area contributed by atoms with Gasteiger partial charge in [-0.3, -0.25) is 14.2 Å². The van der Waals surface area contributed by atoms with Crippen LogP contribution in [0.25, 0.3) is 5.69 Å². The smallest absolute Gasteiger partial charge is 0.251 e. The summed E-state index contributed by atoms with van der Waals surface area (Å²) in [5.41, 5.74) is 3.28. The molecule has 144 valence electrons. The summed E-state index contributed by atoms with van der Waals surface area (Å²) in [6, 6.07) is 14.9. The highest BCUT2D eigenvalue weighted by Gasteiger charge is 2.11. The number of hydrogen-bond acceptors (Lipinski definition) is 4. The van der Waals surface area contributed by atoms with Crippen LogP contribution in [0.15, 0.2) is 66.1 Å². The van der Waals surface area contributed by atoms with E-state index in [2.05, 4.69) is 15.6 Å². The molecule has 0 radical (unpaired) electrons. The number of benzene rings is 2. The quantitative estimate of drug-likeness (QED) is 0.600. The molecule has 0 aliphatic heterocycles. The average Bonchev–Trinajstić information content (AvgIpc) is 3.15. The molecule has 2 aromatic carbocycles. The van der Waals surface area contributed by atoms with Crippen molar-refractivity contribution in [3.63, 3.8) is 0 Å². The zero-order chi connectivity index (χ0) is 19.9. The highest BCUT2D eigenvalue weighted by molar-refractivity contribution is 7.99. The Labute approximate surface area is 168 Å². The maximum Gasteiger partial charge on any atom is 0.251 e. The van der Waals surface area contributed by atoms with Crippen LogP contribution in [0.4, 0.5) is 5.69 Å². The van der Waals surface area contributed by atoms with E-state index in [9.17, 15) is 9.59 Å². The summed E-state index contributed by atoms with van der Waals surface area (Å²) in [7, 11) is 0. The van der Waals surface area contributed by atoms with E-state index in [4.69, 9.17) is 0 Å². The maximum absolute atomic E-state index is 12.4. The molecule has 3 rings (SSSR count). The van der Waals surface area contributed by atoms with Gasteiger partial charge < -0.3 is 10.6 Å². The van der Waals surface area contributed by atoms with E-state index in [0.717, 1.165) is 16.4 Å². The minimum absolute atomic E-state index is 0.155. The number of hydrogen-bond donors (Lipinski definition) is 2. The average molecular weight is 395 g/mol. The molecule has 0 saturated heterocycles. The van der Waals surface area contributed by atoms with Crippen LogP contribution in [0.1, 0.15) is 22.8 Å². The van der Waals surface area contributed by atoms with Gasteiger partial charge in [-0.25, -0.2) is 4.98 Å². The lowest BCUT2D eigenvalue weighted by Gasteiger charge is -2.10. The van der Waals surface area contributed by atoms with E-state index in [1.54, 1.807) is 30.5 Å². The number of carbonyl (C=O) groups excluding carboxylic acids is 2. The number of aromatic nitrogens is 2. The molecule has 0 unspecified atom stereocenters. The van der Waals surface area contributed by atoms with Gasteiger partial charge in [-0.1, -0.05) is 36.0 Å². The Kier molecular flexibility index (Phi) is 6.49. The Bertz CT molecular complexity index is 984. The fraction of sp³-hybridized carbons (Fsp3) is 0.190. The first-order valence-corrected chi connectivity index (χ1v) is 9.97. The molecule has 1 aromatic heterocycles. The molecule has 0 aliphatic carbocycles. The molecule has 0 atom stereocenters. The van der Waals surface area contributed by atoms with Crippen molar-refractivity contribution in [3.05, 3.63) is 72.1 Å². The molecule has 2 amide bonds. The second kappa shape index (κ2) is 9.23. The topological polar surface area (TPSA) is 76.0 Å². The number of amides is 2. The third-order valence-corrected chi connectivity index (χ3v) is 5.03. The Balaban J connectivity index is 1.63. The third-order valence-electron chi connectivity index (χ3n) is 4.06. The van der Waals surface area contributed by atoms with Gasteiger partial charge in [0.05, 0.1) is 11.4 Å². The zero-order valence-corrected chi connectivity index (χ0v) is 16.6. The minimum atomic E-state index is -0.159. The summed E-state index contributed by atoms with van der Waals surface area (Å²) in [5, 5.41) is 6.33. The largest absolute Gasteiger partial charge is 0.352 e. The Hall–Kier alpha value is -3.06. The lowest BCUT2D eigenvalue weighted by Crippen LogP contribution is -2.23. The van der Waals surface area contributed by atoms with Crippen molar-refractivity contribution < 1.29 is 9.59 Å². The van der Waals surface area contributed by atoms with E-state index < -0.39 is 0 Å². The highest BCUT2D eigenvalue weighted by Crippen LogP contribution is 2.23. The molecule has 0 fully saturated rings. The van der Waals surface area contributed by atoms with Crippen LogP contribution in [-0.4, -0.2) is 33.7 Å². The van der Waals surface area contributed by atoms with Crippen molar-refractivity contribution in [2.45, 2.75) is 19.0 Å². The molecular weight excluding hydrogens is 372 g/mol.